The van der Waals surface area contributed by atoms with E-state index in [1.54, 1.807) is 19.4 Å². The topological polar surface area (TPSA) is 47.0 Å². The predicted octanol–water partition coefficient (Wildman–Crippen LogP) is 3.49. The summed E-state index contributed by atoms with van der Waals surface area (Å²) in [5.41, 5.74) is 0.864. The molecule has 88 valence electrons. The summed E-state index contributed by atoms with van der Waals surface area (Å²) < 4.78 is 6.09. The number of ether oxygens (including phenoxy) is 1. The Hall–Kier alpha value is -1.08. The lowest BCUT2D eigenvalue weighted by molar-refractivity contribution is 0.415. The van der Waals surface area contributed by atoms with Gasteiger partial charge < -0.3 is 10.1 Å². The Morgan fingerprint density at radius 3 is 2.94 bits per heavy atom. The molecule has 0 amide bonds. The highest BCUT2D eigenvalue weighted by atomic mass is 127. The van der Waals surface area contributed by atoms with Gasteiger partial charge in [-0.05, 0) is 34.7 Å². The van der Waals surface area contributed by atoms with Gasteiger partial charge in [0.1, 0.15) is 17.9 Å². The van der Waals surface area contributed by atoms with Gasteiger partial charge in [0.25, 0.3) is 0 Å². The molecule has 6 heteroatoms. The van der Waals surface area contributed by atoms with Crippen molar-refractivity contribution >= 4 is 45.7 Å². The first kappa shape index (κ1) is 12.4. The third-order valence-electron chi connectivity index (χ3n) is 2.08. The zero-order valence-corrected chi connectivity index (χ0v) is 11.9. The molecule has 0 fully saturated rings. The van der Waals surface area contributed by atoms with Crippen LogP contribution >= 0.6 is 34.2 Å². The van der Waals surface area contributed by atoms with Crippen molar-refractivity contribution in [2.45, 2.75) is 0 Å². The second-order valence-electron chi connectivity index (χ2n) is 3.19. The van der Waals surface area contributed by atoms with Crippen LogP contribution in [0.4, 0.5) is 11.5 Å². The fraction of sp³-hybridized carbons (Fsp3) is 0.0909. The maximum atomic E-state index is 5.95. The zero-order valence-electron chi connectivity index (χ0n) is 8.95. The van der Waals surface area contributed by atoms with Crippen molar-refractivity contribution in [3.05, 3.63) is 39.3 Å². The molecule has 0 aliphatic rings. The summed E-state index contributed by atoms with van der Waals surface area (Å²) in [5.74, 6) is 1.38. The Bertz CT molecular complexity index is 536. The number of hydrogen-bond donors (Lipinski definition) is 1. The first-order valence-electron chi connectivity index (χ1n) is 4.77. The summed E-state index contributed by atoms with van der Waals surface area (Å²) in [5, 5.41) is 3.76. The van der Waals surface area contributed by atoms with Crippen molar-refractivity contribution in [2.24, 2.45) is 0 Å². The largest absolute Gasteiger partial charge is 0.495 e. The van der Waals surface area contributed by atoms with Crippen LogP contribution in [0.3, 0.4) is 0 Å². The van der Waals surface area contributed by atoms with Gasteiger partial charge in [-0.15, -0.1) is 0 Å². The normalized spacial score (nSPS) is 10.1. The first-order chi connectivity index (χ1) is 8.20. The van der Waals surface area contributed by atoms with Gasteiger partial charge in [-0.25, -0.2) is 9.97 Å². The number of nitrogens with zero attached hydrogens (tertiary/aromatic N) is 2. The number of anilines is 2. The fourth-order valence-corrected chi connectivity index (χ4v) is 1.91. The maximum absolute atomic E-state index is 5.95. The highest BCUT2D eigenvalue weighted by molar-refractivity contribution is 14.1. The Balaban J connectivity index is 2.28. The van der Waals surface area contributed by atoms with E-state index in [0.29, 0.717) is 10.8 Å². The van der Waals surface area contributed by atoms with Gasteiger partial charge >= 0.3 is 0 Å². The monoisotopic (exact) mass is 361 g/mol. The molecule has 0 aliphatic carbocycles. The highest BCUT2D eigenvalue weighted by Crippen LogP contribution is 2.29. The van der Waals surface area contributed by atoms with Crippen LogP contribution in [0.2, 0.25) is 5.02 Å². The van der Waals surface area contributed by atoms with Crippen LogP contribution in [0, 0.1) is 3.57 Å². The van der Waals surface area contributed by atoms with Gasteiger partial charge in [0.05, 0.1) is 15.7 Å². The average molecular weight is 362 g/mol. The van der Waals surface area contributed by atoms with Crippen molar-refractivity contribution in [3.63, 3.8) is 0 Å². The predicted molar refractivity (Wildman–Crippen MR) is 76.0 cm³/mol. The molecule has 0 aliphatic heterocycles. The van der Waals surface area contributed by atoms with Crippen molar-refractivity contribution in [1.29, 1.82) is 0 Å². The Kier molecular flexibility index (Phi) is 4.01. The van der Waals surface area contributed by atoms with E-state index < -0.39 is 0 Å². The van der Waals surface area contributed by atoms with Crippen LogP contribution in [0.1, 0.15) is 0 Å². The molecule has 0 saturated heterocycles. The summed E-state index contributed by atoms with van der Waals surface area (Å²) in [6, 6.07) is 5.46. The van der Waals surface area contributed by atoms with E-state index in [0.717, 1.165) is 15.1 Å². The second kappa shape index (κ2) is 5.50. The number of benzene rings is 1. The Morgan fingerprint density at radius 1 is 1.41 bits per heavy atom. The minimum absolute atomic E-state index is 0.579. The van der Waals surface area contributed by atoms with Gasteiger partial charge in [-0.1, -0.05) is 11.6 Å². The van der Waals surface area contributed by atoms with Crippen LogP contribution in [0.15, 0.2) is 30.7 Å². The molecule has 2 rings (SSSR count). The molecular formula is C11H9ClIN3O. The molecule has 17 heavy (non-hydrogen) atoms. The minimum Gasteiger partial charge on any atom is -0.495 e. The highest BCUT2D eigenvalue weighted by Gasteiger charge is 2.04. The summed E-state index contributed by atoms with van der Waals surface area (Å²) in [7, 11) is 1.58. The van der Waals surface area contributed by atoms with Crippen molar-refractivity contribution in [3.8, 4) is 5.75 Å². The van der Waals surface area contributed by atoms with Gasteiger partial charge in [-0.2, -0.15) is 0 Å². The number of hydrogen-bond acceptors (Lipinski definition) is 4. The molecule has 4 nitrogen and oxygen atoms in total. The summed E-state index contributed by atoms with van der Waals surface area (Å²) in [6.07, 6.45) is 3.24. The molecule has 0 atom stereocenters. The molecule has 0 saturated carbocycles. The second-order valence-corrected chi connectivity index (χ2v) is 4.76. The molecule has 0 spiro atoms. The maximum Gasteiger partial charge on any atom is 0.147 e. The van der Waals surface area contributed by atoms with Crippen LogP contribution < -0.4 is 10.1 Å². The Morgan fingerprint density at radius 2 is 2.24 bits per heavy atom. The van der Waals surface area contributed by atoms with E-state index in [1.807, 2.05) is 12.1 Å². The van der Waals surface area contributed by atoms with E-state index in [4.69, 9.17) is 16.3 Å². The standard InChI is InChI=1S/C11H9ClIN3O/c1-17-10-4-7(2-3-8(10)12)16-11-9(13)5-14-6-15-11/h2-6H,1H3,(H,14,15,16). The third kappa shape index (κ3) is 2.98. The van der Waals surface area contributed by atoms with E-state index >= 15 is 0 Å². The van der Waals surface area contributed by atoms with Gasteiger partial charge in [-0.3, -0.25) is 0 Å². The zero-order chi connectivity index (χ0) is 12.3. The lowest BCUT2D eigenvalue weighted by Gasteiger charge is -2.09. The molecular weight excluding hydrogens is 352 g/mol. The molecule has 1 heterocycles. The quantitative estimate of drug-likeness (QED) is 0.850. The number of aromatic nitrogens is 2. The number of halogens is 2. The van der Waals surface area contributed by atoms with Crippen molar-refractivity contribution in [2.75, 3.05) is 12.4 Å². The van der Waals surface area contributed by atoms with Crippen LogP contribution in [-0.2, 0) is 0 Å². The lowest BCUT2D eigenvalue weighted by atomic mass is 10.3. The van der Waals surface area contributed by atoms with Crippen LogP contribution in [0.5, 0.6) is 5.75 Å². The minimum atomic E-state index is 0.579. The molecule has 0 bridgehead atoms. The van der Waals surface area contributed by atoms with Crippen LogP contribution in [0.25, 0.3) is 0 Å². The van der Waals surface area contributed by atoms with Crippen molar-refractivity contribution < 1.29 is 4.74 Å². The third-order valence-corrected chi connectivity index (χ3v) is 3.18. The lowest BCUT2D eigenvalue weighted by Crippen LogP contribution is -1.97. The smallest absolute Gasteiger partial charge is 0.147 e. The van der Waals surface area contributed by atoms with E-state index in [2.05, 4.69) is 37.9 Å². The summed E-state index contributed by atoms with van der Waals surface area (Å²) in [6.45, 7) is 0. The average Bonchev–Trinajstić information content (AvgIpc) is 2.34. The molecule has 1 aromatic carbocycles. The Labute approximate surface area is 118 Å². The summed E-state index contributed by atoms with van der Waals surface area (Å²) in [4.78, 5) is 8.08. The van der Waals surface area contributed by atoms with E-state index in [9.17, 15) is 0 Å². The van der Waals surface area contributed by atoms with E-state index in [-0.39, 0.29) is 0 Å². The SMILES string of the molecule is COc1cc(Nc2ncncc2I)ccc1Cl. The number of rotatable bonds is 3. The van der Waals surface area contributed by atoms with Crippen molar-refractivity contribution in [1.82, 2.24) is 9.97 Å². The first-order valence-corrected chi connectivity index (χ1v) is 6.22. The molecule has 0 radical (unpaired) electrons. The van der Waals surface area contributed by atoms with Crippen LogP contribution in [-0.4, -0.2) is 17.1 Å². The van der Waals surface area contributed by atoms with Gasteiger partial charge in [0.15, 0.2) is 0 Å². The molecule has 2 aromatic rings. The molecule has 1 N–H and O–H groups in total. The van der Waals surface area contributed by atoms with Gasteiger partial charge in [0.2, 0.25) is 0 Å². The summed E-state index contributed by atoms with van der Waals surface area (Å²) >= 11 is 8.12. The van der Waals surface area contributed by atoms with E-state index in [1.165, 1.54) is 6.33 Å². The fourth-order valence-electron chi connectivity index (χ4n) is 1.28. The van der Waals surface area contributed by atoms with Gasteiger partial charge in [0, 0.05) is 18.0 Å². The molecule has 0 unspecified atom stereocenters. The molecule has 1 aromatic heterocycles. The number of nitrogens with one attached hydrogen (secondary N) is 1. The number of methoxy groups -OCH3 is 1.